The van der Waals surface area contributed by atoms with Gasteiger partial charge in [-0.1, -0.05) is 53.9 Å². The summed E-state index contributed by atoms with van der Waals surface area (Å²) in [5.41, 5.74) is 2.27. The van der Waals surface area contributed by atoms with Crippen LogP contribution in [0.3, 0.4) is 0 Å². The molecule has 0 bridgehead atoms. The van der Waals surface area contributed by atoms with Crippen LogP contribution in [-0.4, -0.2) is 26.9 Å². The van der Waals surface area contributed by atoms with Crippen molar-refractivity contribution in [3.63, 3.8) is 0 Å². The number of carbonyl (C=O) groups is 2. The maximum atomic E-state index is 13.5. The third-order valence-corrected chi connectivity index (χ3v) is 5.05. The van der Waals surface area contributed by atoms with Crippen LogP contribution in [0.4, 0.5) is 5.69 Å². The van der Waals surface area contributed by atoms with Crippen LogP contribution < -0.4 is 10.2 Å². The number of aryl methyl sites for hydroxylation is 1. The normalized spacial score (nSPS) is 12.3. The van der Waals surface area contributed by atoms with Crippen molar-refractivity contribution in [2.45, 2.75) is 45.7 Å². The molecule has 0 aliphatic rings. The summed E-state index contributed by atoms with van der Waals surface area (Å²) >= 11 is 1.10. The van der Waals surface area contributed by atoms with E-state index in [1.165, 1.54) is 4.90 Å². The summed E-state index contributed by atoms with van der Waals surface area (Å²) in [5, 5.41) is 8.57. The molecule has 7 heteroatoms. The summed E-state index contributed by atoms with van der Waals surface area (Å²) < 4.78 is 3.82. The third-order valence-electron chi connectivity index (χ3n) is 4.54. The van der Waals surface area contributed by atoms with E-state index in [0.29, 0.717) is 5.69 Å². The number of nitrogens with zero attached hydrogens (tertiary/aromatic N) is 3. The van der Waals surface area contributed by atoms with Gasteiger partial charge in [-0.3, -0.25) is 14.5 Å². The summed E-state index contributed by atoms with van der Waals surface area (Å²) in [6.07, 6.45) is 0.894. The van der Waals surface area contributed by atoms with Crippen LogP contribution in [0.25, 0.3) is 0 Å². The van der Waals surface area contributed by atoms with Crippen LogP contribution >= 0.6 is 11.5 Å². The van der Waals surface area contributed by atoms with Gasteiger partial charge in [-0.05, 0) is 62.0 Å². The molecule has 3 rings (SSSR count). The van der Waals surface area contributed by atoms with Crippen LogP contribution in [-0.2, 0) is 11.2 Å². The second kappa shape index (κ2) is 9.17. The Morgan fingerprint density at radius 2 is 1.73 bits per heavy atom. The molecule has 0 radical (unpaired) electrons. The van der Waals surface area contributed by atoms with Gasteiger partial charge in [0.2, 0.25) is 5.91 Å². The Morgan fingerprint density at radius 3 is 2.27 bits per heavy atom. The fourth-order valence-electron chi connectivity index (χ4n) is 3.14. The lowest BCUT2D eigenvalue weighted by molar-refractivity contribution is -0.123. The monoisotopic (exact) mass is 422 g/mol. The molecule has 1 atom stereocenters. The predicted octanol–water partition coefficient (Wildman–Crippen LogP) is 4.40. The second-order valence-electron chi connectivity index (χ2n) is 8.04. The van der Waals surface area contributed by atoms with E-state index >= 15 is 0 Å². The standard InChI is InChI=1S/C23H26N4O2S/c1-5-16-11-13-17(14-12-16)20(21(28)24-23(2,3)4)27(18-9-7-6-8-10-18)22(29)19-15-30-26-25-19/h6-15,20H,5H2,1-4H3,(H,24,28)/t20-/m0/s1. The predicted molar refractivity (Wildman–Crippen MR) is 120 cm³/mol. The zero-order valence-electron chi connectivity index (χ0n) is 17.6. The summed E-state index contributed by atoms with van der Waals surface area (Å²) in [4.78, 5) is 28.4. The number of hydrogen-bond donors (Lipinski definition) is 1. The molecule has 1 N–H and O–H groups in total. The Hall–Kier alpha value is -3.06. The Labute approximate surface area is 181 Å². The maximum Gasteiger partial charge on any atom is 0.280 e. The fourth-order valence-corrected chi connectivity index (χ4v) is 3.57. The molecule has 6 nitrogen and oxygen atoms in total. The van der Waals surface area contributed by atoms with Gasteiger partial charge in [0.15, 0.2) is 5.69 Å². The number of amides is 2. The molecule has 2 amide bonds. The first kappa shape index (κ1) is 21.6. The zero-order chi connectivity index (χ0) is 21.7. The van der Waals surface area contributed by atoms with Crippen molar-refractivity contribution in [3.05, 3.63) is 76.8 Å². The van der Waals surface area contributed by atoms with E-state index in [0.717, 1.165) is 29.1 Å². The molecule has 3 aromatic rings. The smallest absolute Gasteiger partial charge is 0.280 e. The number of anilines is 1. The van der Waals surface area contributed by atoms with E-state index in [2.05, 4.69) is 21.8 Å². The fraction of sp³-hybridized carbons (Fsp3) is 0.304. The van der Waals surface area contributed by atoms with Crippen LogP contribution in [0.5, 0.6) is 0 Å². The van der Waals surface area contributed by atoms with E-state index in [9.17, 15) is 9.59 Å². The molecule has 1 heterocycles. The number of para-hydroxylation sites is 1. The number of benzene rings is 2. The lowest BCUT2D eigenvalue weighted by atomic mass is 9.99. The SMILES string of the molecule is CCc1ccc([C@@H](C(=O)NC(C)(C)C)N(C(=O)c2csnn2)c2ccccc2)cc1. The first-order valence-electron chi connectivity index (χ1n) is 9.86. The van der Waals surface area contributed by atoms with Gasteiger partial charge >= 0.3 is 0 Å². The van der Waals surface area contributed by atoms with E-state index in [1.54, 1.807) is 5.38 Å². The van der Waals surface area contributed by atoms with Crippen molar-refractivity contribution in [1.82, 2.24) is 14.9 Å². The van der Waals surface area contributed by atoms with E-state index in [-0.39, 0.29) is 17.5 Å². The van der Waals surface area contributed by atoms with Gasteiger partial charge in [-0.25, -0.2) is 0 Å². The molecule has 0 aliphatic carbocycles. The second-order valence-corrected chi connectivity index (χ2v) is 8.65. The lowest BCUT2D eigenvalue weighted by Crippen LogP contribution is -2.49. The molecule has 30 heavy (non-hydrogen) atoms. The van der Waals surface area contributed by atoms with E-state index in [1.807, 2.05) is 75.4 Å². The molecule has 2 aromatic carbocycles. The zero-order valence-corrected chi connectivity index (χ0v) is 18.4. The maximum absolute atomic E-state index is 13.5. The third kappa shape index (κ3) is 5.10. The Morgan fingerprint density at radius 1 is 1.07 bits per heavy atom. The van der Waals surface area contributed by atoms with E-state index < -0.39 is 11.6 Å². The van der Waals surface area contributed by atoms with Crippen molar-refractivity contribution in [3.8, 4) is 0 Å². The van der Waals surface area contributed by atoms with Crippen LogP contribution in [0.1, 0.15) is 55.4 Å². The molecule has 156 valence electrons. The summed E-state index contributed by atoms with van der Waals surface area (Å²) in [7, 11) is 0. The molecule has 0 spiro atoms. The molecular formula is C23H26N4O2S. The number of rotatable bonds is 6. The highest BCUT2D eigenvalue weighted by molar-refractivity contribution is 7.03. The lowest BCUT2D eigenvalue weighted by Gasteiger charge is -2.33. The molecule has 1 aromatic heterocycles. The number of carbonyl (C=O) groups excluding carboxylic acids is 2. The number of aromatic nitrogens is 2. The van der Waals surface area contributed by atoms with Crippen molar-refractivity contribution in [1.29, 1.82) is 0 Å². The van der Waals surface area contributed by atoms with Gasteiger partial charge < -0.3 is 5.32 Å². The van der Waals surface area contributed by atoms with Gasteiger partial charge in [0, 0.05) is 16.6 Å². The van der Waals surface area contributed by atoms with Crippen molar-refractivity contribution in [2.75, 3.05) is 4.90 Å². The van der Waals surface area contributed by atoms with Gasteiger partial charge in [-0.15, -0.1) is 5.10 Å². The molecule has 0 saturated heterocycles. The first-order valence-corrected chi connectivity index (χ1v) is 10.7. The Balaban J connectivity index is 2.14. The first-order chi connectivity index (χ1) is 14.3. The average molecular weight is 423 g/mol. The minimum absolute atomic E-state index is 0.211. The minimum Gasteiger partial charge on any atom is -0.349 e. The van der Waals surface area contributed by atoms with Gasteiger partial charge in [0.05, 0.1) is 0 Å². The highest BCUT2D eigenvalue weighted by Gasteiger charge is 2.35. The largest absolute Gasteiger partial charge is 0.349 e. The Kier molecular flexibility index (Phi) is 6.62. The van der Waals surface area contributed by atoms with Crippen LogP contribution in [0, 0.1) is 0 Å². The summed E-state index contributed by atoms with van der Waals surface area (Å²) in [5.74, 6) is -0.629. The van der Waals surface area contributed by atoms with Crippen molar-refractivity contribution in [2.24, 2.45) is 0 Å². The summed E-state index contributed by atoms with van der Waals surface area (Å²) in [6.45, 7) is 7.83. The molecule has 0 unspecified atom stereocenters. The van der Waals surface area contributed by atoms with Crippen LogP contribution in [0.2, 0.25) is 0 Å². The molecule has 0 fully saturated rings. The molecule has 0 aliphatic heterocycles. The van der Waals surface area contributed by atoms with Crippen molar-refractivity contribution >= 4 is 29.0 Å². The average Bonchev–Trinajstić information content (AvgIpc) is 3.26. The summed E-state index contributed by atoms with van der Waals surface area (Å²) in [6, 6.07) is 16.1. The minimum atomic E-state index is -0.855. The number of hydrogen-bond acceptors (Lipinski definition) is 5. The molecule has 0 saturated carbocycles. The van der Waals surface area contributed by atoms with Crippen molar-refractivity contribution < 1.29 is 9.59 Å². The number of nitrogens with one attached hydrogen (secondary N) is 1. The highest BCUT2D eigenvalue weighted by atomic mass is 32.1. The molecular weight excluding hydrogens is 396 g/mol. The quantitative estimate of drug-likeness (QED) is 0.639. The Bertz CT molecular complexity index is 980. The van der Waals surface area contributed by atoms with E-state index in [4.69, 9.17) is 0 Å². The van der Waals surface area contributed by atoms with Gasteiger partial charge in [0.1, 0.15) is 6.04 Å². The highest BCUT2D eigenvalue weighted by Crippen LogP contribution is 2.30. The topological polar surface area (TPSA) is 75.2 Å². The van der Waals surface area contributed by atoms with Crippen LogP contribution in [0.15, 0.2) is 60.0 Å². The van der Waals surface area contributed by atoms with Gasteiger partial charge in [0.25, 0.3) is 5.91 Å². The van der Waals surface area contributed by atoms with Gasteiger partial charge in [-0.2, -0.15) is 0 Å².